The van der Waals surface area contributed by atoms with Crippen LogP contribution in [0, 0.1) is 5.92 Å². The summed E-state index contributed by atoms with van der Waals surface area (Å²) in [4.78, 5) is 33.0. The van der Waals surface area contributed by atoms with Crippen LogP contribution in [0.1, 0.15) is 62.1 Å². The first-order valence-corrected chi connectivity index (χ1v) is 11.3. The summed E-state index contributed by atoms with van der Waals surface area (Å²) < 4.78 is 2.21. The van der Waals surface area contributed by atoms with Crippen LogP contribution >= 0.6 is 0 Å². The van der Waals surface area contributed by atoms with Gasteiger partial charge < -0.3 is 14.8 Å². The molecule has 4 rings (SSSR count). The molecule has 6 heteroatoms. The minimum atomic E-state index is -0.515. The lowest BCUT2D eigenvalue weighted by Crippen LogP contribution is -2.50. The molecule has 1 fully saturated rings. The Morgan fingerprint density at radius 1 is 0.967 bits per heavy atom. The van der Waals surface area contributed by atoms with E-state index in [1.165, 1.54) is 0 Å². The summed E-state index contributed by atoms with van der Waals surface area (Å²) in [6.45, 7) is 6.43. The standard InChI is InChI=1S/C24H32N4O2/c1-17(2)20(24(30)27-14-9-10-15-27)26-23(29)21-19-13-7-4-8-16-28(19)22(25-21)18-11-5-3-6-12-18/h3,5-6,11-12,17,20H,4,7-10,13-16H2,1-2H3,(H,26,29)/t20-/m0/s1. The first kappa shape index (κ1) is 20.6. The maximum atomic E-state index is 13.4. The number of likely N-dealkylation sites (tertiary alicyclic amines) is 1. The molecule has 1 aromatic carbocycles. The minimum Gasteiger partial charge on any atom is -0.341 e. The molecule has 1 atom stereocenters. The van der Waals surface area contributed by atoms with Crippen molar-refractivity contribution in [1.82, 2.24) is 19.8 Å². The second kappa shape index (κ2) is 9.02. The molecule has 3 heterocycles. The Bertz CT molecular complexity index is 897. The van der Waals surface area contributed by atoms with Gasteiger partial charge in [-0.25, -0.2) is 4.98 Å². The van der Waals surface area contributed by atoms with Crippen molar-refractivity contribution in [2.75, 3.05) is 13.1 Å². The first-order chi connectivity index (χ1) is 14.6. The van der Waals surface area contributed by atoms with Gasteiger partial charge >= 0.3 is 0 Å². The SMILES string of the molecule is CC(C)[C@H](NC(=O)c1nc(-c2ccccc2)n2c1CCCCC2)C(=O)N1CCCC1. The molecule has 0 aliphatic carbocycles. The third kappa shape index (κ3) is 4.13. The van der Waals surface area contributed by atoms with Crippen molar-refractivity contribution in [1.29, 1.82) is 0 Å². The molecule has 160 valence electrons. The monoisotopic (exact) mass is 408 g/mol. The van der Waals surface area contributed by atoms with Crippen molar-refractivity contribution >= 4 is 11.8 Å². The van der Waals surface area contributed by atoms with Crippen molar-refractivity contribution in [3.05, 3.63) is 41.7 Å². The number of hydrogen-bond donors (Lipinski definition) is 1. The average molecular weight is 409 g/mol. The van der Waals surface area contributed by atoms with Gasteiger partial charge in [-0.2, -0.15) is 0 Å². The van der Waals surface area contributed by atoms with Gasteiger partial charge in [-0.1, -0.05) is 50.6 Å². The molecule has 0 unspecified atom stereocenters. The first-order valence-electron chi connectivity index (χ1n) is 11.3. The second-order valence-electron chi connectivity index (χ2n) is 8.79. The van der Waals surface area contributed by atoms with Gasteiger partial charge in [0, 0.05) is 25.2 Å². The van der Waals surface area contributed by atoms with Crippen LogP contribution in [-0.4, -0.2) is 45.4 Å². The molecule has 0 bridgehead atoms. The van der Waals surface area contributed by atoms with E-state index in [1.807, 2.05) is 49.1 Å². The van der Waals surface area contributed by atoms with Crippen LogP contribution in [0.4, 0.5) is 0 Å². The summed E-state index contributed by atoms with van der Waals surface area (Å²) >= 11 is 0. The average Bonchev–Trinajstić information content (AvgIpc) is 3.35. The van der Waals surface area contributed by atoms with Gasteiger partial charge in [0.15, 0.2) is 0 Å². The number of carbonyl (C=O) groups excluding carboxylic acids is 2. The Morgan fingerprint density at radius 3 is 2.37 bits per heavy atom. The maximum Gasteiger partial charge on any atom is 0.272 e. The van der Waals surface area contributed by atoms with E-state index in [0.29, 0.717) is 5.69 Å². The van der Waals surface area contributed by atoms with Crippen molar-refractivity contribution < 1.29 is 9.59 Å². The van der Waals surface area contributed by atoms with Gasteiger partial charge in [0.25, 0.3) is 5.91 Å². The van der Waals surface area contributed by atoms with Crippen LogP contribution in [0.25, 0.3) is 11.4 Å². The Hall–Kier alpha value is -2.63. The highest BCUT2D eigenvalue weighted by molar-refractivity contribution is 5.97. The molecule has 2 aromatic rings. The molecule has 0 spiro atoms. The van der Waals surface area contributed by atoms with E-state index in [4.69, 9.17) is 4.98 Å². The zero-order valence-electron chi connectivity index (χ0n) is 18.1. The highest BCUT2D eigenvalue weighted by Gasteiger charge is 2.32. The summed E-state index contributed by atoms with van der Waals surface area (Å²) in [5.41, 5.74) is 2.50. The molecule has 1 saturated heterocycles. The Kier molecular flexibility index (Phi) is 6.21. The highest BCUT2D eigenvalue weighted by Crippen LogP contribution is 2.27. The number of fused-ring (bicyclic) bond motifs is 1. The number of nitrogens with one attached hydrogen (secondary N) is 1. The number of benzene rings is 1. The van der Waals surface area contributed by atoms with E-state index in [0.717, 1.165) is 75.2 Å². The predicted octanol–water partition coefficient (Wildman–Crippen LogP) is 3.65. The van der Waals surface area contributed by atoms with Crippen LogP contribution in [0.5, 0.6) is 0 Å². The van der Waals surface area contributed by atoms with E-state index >= 15 is 0 Å². The third-order valence-corrected chi connectivity index (χ3v) is 6.25. The quantitative estimate of drug-likeness (QED) is 0.821. The van der Waals surface area contributed by atoms with Gasteiger partial charge in [0.05, 0.1) is 5.69 Å². The predicted molar refractivity (Wildman–Crippen MR) is 117 cm³/mol. The molecule has 0 radical (unpaired) electrons. The maximum absolute atomic E-state index is 13.4. The summed E-state index contributed by atoms with van der Waals surface area (Å²) in [7, 11) is 0. The van der Waals surface area contributed by atoms with Gasteiger partial charge in [-0.15, -0.1) is 0 Å². The number of amides is 2. The summed E-state index contributed by atoms with van der Waals surface area (Å²) in [5, 5.41) is 3.04. The van der Waals surface area contributed by atoms with Crippen LogP contribution in [0.2, 0.25) is 0 Å². The third-order valence-electron chi connectivity index (χ3n) is 6.25. The second-order valence-corrected chi connectivity index (χ2v) is 8.79. The number of imidazole rings is 1. The molecule has 1 aromatic heterocycles. The molecular formula is C24H32N4O2. The van der Waals surface area contributed by atoms with E-state index in [1.54, 1.807) is 0 Å². The zero-order chi connectivity index (χ0) is 21.1. The highest BCUT2D eigenvalue weighted by atomic mass is 16.2. The van der Waals surface area contributed by atoms with Crippen LogP contribution in [0.15, 0.2) is 30.3 Å². The molecule has 2 aliphatic heterocycles. The Balaban J connectivity index is 1.64. The van der Waals surface area contributed by atoms with Crippen LogP contribution < -0.4 is 5.32 Å². The zero-order valence-corrected chi connectivity index (χ0v) is 18.1. The molecule has 30 heavy (non-hydrogen) atoms. The van der Waals surface area contributed by atoms with E-state index < -0.39 is 6.04 Å². The van der Waals surface area contributed by atoms with E-state index in [2.05, 4.69) is 9.88 Å². The fourth-order valence-electron chi connectivity index (χ4n) is 4.57. The number of carbonyl (C=O) groups is 2. The van der Waals surface area contributed by atoms with E-state index in [9.17, 15) is 9.59 Å². The van der Waals surface area contributed by atoms with E-state index in [-0.39, 0.29) is 17.7 Å². The van der Waals surface area contributed by atoms with Gasteiger partial charge in [0.1, 0.15) is 17.6 Å². The fraction of sp³-hybridized carbons (Fsp3) is 0.542. The van der Waals surface area contributed by atoms with Crippen LogP contribution in [-0.2, 0) is 17.8 Å². The smallest absolute Gasteiger partial charge is 0.272 e. The summed E-state index contributed by atoms with van der Waals surface area (Å²) in [5.74, 6) is 0.681. The van der Waals surface area contributed by atoms with Crippen molar-refractivity contribution in [2.45, 2.75) is 65.0 Å². The Morgan fingerprint density at radius 2 is 1.67 bits per heavy atom. The van der Waals surface area contributed by atoms with Crippen molar-refractivity contribution in [2.24, 2.45) is 5.92 Å². The van der Waals surface area contributed by atoms with Crippen molar-refractivity contribution in [3.63, 3.8) is 0 Å². The molecule has 2 aliphatic rings. The molecule has 0 saturated carbocycles. The van der Waals surface area contributed by atoms with Gasteiger partial charge in [0.2, 0.25) is 5.91 Å². The minimum absolute atomic E-state index is 0.0249. The largest absolute Gasteiger partial charge is 0.341 e. The topological polar surface area (TPSA) is 67.2 Å². The summed E-state index contributed by atoms with van der Waals surface area (Å²) in [6.07, 6.45) is 6.22. The number of aromatic nitrogens is 2. The molecule has 6 nitrogen and oxygen atoms in total. The van der Waals surface area contributed by atoms with Crippen molar-refractivity contribution in [3.8, 4) is 11.4 Å². The number of hydrogen-bond acceptors (Lipinski definition) is 3. The molecule has 2 amide bonds. The van der Waals surface area contributed by atoms with Gasteiger partial charge in [-0.3, -0.25) is 9.59 Å². The van der Waals surface area contributed by atoms with Gasteiger partial charge in [-0.05, 0) is 38.0 Å². The fourth-order valence-corrected chi connectivity index (χ4v) is 4.57. The number of nitrogens with zero attached hydrogens (tertiary/aromatic N) is 3. The summed E-state index contributed by atoms with van der Waals surface area (Å²) in [6, 6.07) is 9.54. The molecule has 1 N–H and O–H groups in total. The normalized spacial score (nSPS) is 17.5. The van der Waals surface area contributed by atoms with Crippen LogP contribution in [0.3, 0.4) is 0 Å². The number of rotatable bonds is 5. The molecular weight excluding hydrogens is 376 g/mol. The lowest BCUT2D eigenvalue weighted by molar-refractivity contribution is -0.133. The Labute approximate surface area is 178 Å². The lowest BCUT2D eigenvalue weighted by atomic mass is 10.0. The lowest BCUT2D eigenvalue weighted by Gasteiger charge is -2.26.